The molecule has 0 saturated heterocycles. The minimum atomic E-state index is -0.964. The topological polar surface area (TPSA) is 26.3 Å². The number of rotatable bonds is 6. The third-order valence-corrected chi connectivity index (χ3v) is 3.66. The van der Waals surface area contributed by atoms with Crippen LogP contribution >= 0.6 is 0 Å². The van der Waals surface area contributed by atoms with Gasteiger partial charge < -0.3 is 4.74 Å². The summed E-state index contributed by atoms with van der Waals surface area (Å²) in [5.41, 5.74) is 0. The summed E-state index contributed by atoms with van der Waals surface area (Å²) < 4.78 is 5.04. The molecular formula is C11H22O2Si. The summed E-state index contributed by atoms with van der Waals surface area (Å²) in [5.74, 6) is -0.206. The van der Waals surface area contributed by atoms with Gasteiger partial charge in [0.1, 0.15) is 0 Å². The molecule has 0 unspecified atom stereocenters. The van der Waals surface area contributed by atoms with E-state index in [-0.39, 0.29) is 5.97 Å². The van der Waals surface area contributed by atoms with Gasteiger partial charge in [-0.1, -0.05) is 38.7 Å². The van der Waals surface area contributed by atoms with Crippen molar-refractivity contribution in [2.24, 2.45) is 0 Å². The molecule has 0 rings (SSSR count). The fourth-order valence-corrected chi connectivity index (χ4v) is 2.24. The maximum atomic E-state index is 11.0. The van der Waals surface area contributed by atoms with Crippen LogP contribution in [-0.2, 0) is 9.53 Å². The van der Waals surface area contributed by atoms with Crippen LogP contribution in [0.2, 0.25) is 25.7 Å². The Bertz CT molecular complexity index is 192. The number of allylic oxidation sites excluding steroid dienone is 1. The van der Waals surface area contributed by atoms with Crippen LogP contribution in [0.15, 0.2) is 12.2 Å². The van der Waals surface area contributed by atoms with Crippen molar-refractivity contribution < 1.29 is 9.53 Å². The third-order valence-electron chi connectivity index (χ3n) is 1.81. The molecule has 0 amide bonds. The van der Waals surface area contributed by atoms with E-state index in [1.165, 1.54) is 12.1 Å². The van der Waals surface area contributed by atoms with E-state index >= 15 is 0 Å². The van der Waals surface area contributed by atoms with Gasteiger partial charge in [0.15, 0.2) is 0 Å². The van der Waals surface area contributed by atoms with Crippen molar-refractivity contribution in [3.8, 4) is 0 Å². The number of esters is 1. The van der Waals surface area contributed by atoms with Crippen molar-refractivity contribution in [1.29, 1.82) is 0 Å². The molecule has 14 heavy (non-hydrogen) atoms. The van der Waals surface area contributed by atoms with E-state index in [1.54, 1.807) is 0 Å². The van der Waals surface area contributed by atoms with Crippen LogP contribution in [0.25, 0.3) is 0 Å². The van der Waals surface area contributed by atoms with E-state index in [4.69, 9.17) is 4.74 Å². The number of ether oxygens (including phenoxy) is 1. The first-order valence-corrected chi connectivity index (χ1v) is 8.99. The molecular weight excluding hydrogens is 192 g/mol. The maximum Gasteiger partial charge on any atom is 0.330 e. The minimum Gasteiger partial charge on any atom is -0.463 e. The SMILES string of the molecule is CCC=CC(=O)OCCC[Si](C)(C)C. The minimum absolute atomic E-state index is 0.206. The first kappa shape index (κ1) is 13.4. The zero-order valence-corrected chi connectivity index (χ0v) is 10.8. The van der Waals surface area contributed by atoms with E-state index in [2.05, 4.69) is 19.6 Å². The summed E-state index contributed by atoms with van der Waals surface area (Å²) >= 11 is 0. The second-order valence-corrected chi connectivity index (χ2v) is 10.3. The molecule has 0 saturated carbocycles. The van der Waals surface area contributed by atoms with Gasteiger partial charge >= 0.3 is 5.97 Å². The fraction of sp³-hybridized carbons (Fsp3) is 0.727. The summed E-state index contributed by atoms with van der Waals surface area (Å²) in [5, 5.41) is 0. The molecule has 0 aliphatic carbocycles. The predicted octanol–water partition coefficient (Wildman–Crippen LogP) is 3.22. The van der Waals surface area contributed by atoms with Crippen LogP contribution in [-0.4, -0.2) is 20.7 Å². The average molecular weight is 214 g/mol. The number of hydrogen-bond acceptors (Lipinski definition) is 2. The van der Waals surface area contributed by atoms with Crippen molar-refractivity contribution in [1.82, 2.24) is 0 Å². The zero-order chi connectivity index (χ0) is 11.0. The molecule has 0 bridgehead atoms. The molecule has 0 spiro atoms. The molecule has 3 heteroatoms. The van der Waals surface area contributed by atoms with Crippen LogP contribution in [0.3, 0.4) is 0 Å². The van der Waals surface area contributed by atoms with Gasteiger partial charge in [-0.15, -0.1) is 0 Å². The Morgan fingerprint density at radius 2 is 2.00 bits per heavy atom. The van der Waals surface area contributed by atoms with Gasteiger partial charge in [0, 0.05) is 14.1 Å². The van der Waals surface area contributed by atoms with Gasteiger partial charge in [-0.05, 0) is 12.8 Å². The summed E-state index contributed by atoms with van der Waals surface area (Å²) in [6.45, 7) is 9.54. The summed E-state index contributed by atoms with van der Waals surface area (Å²) in [6, 6.07) is 1.22. The average Bonchev–Trinajstić information content (AvgIpc) is 2.07. The quantitative estimate of drug-likeness (QED) is 0.294. The Labute approximate surface area is 88.4 Å². The lowest BCUT2D eigenvalue weighted by atomic mass is 10.4. The molecule has 0 heterocycles. The molecule has 0 aliphatic heterocycles. The van der Waals surface area contributed by atoms with Crippen molar-refractivity contribution in [2.75, 3.05) is 6.61 Å². The fourth-order valence-electron chi connectivity index (χ4n) is 1.04. The molecule has 0 aliphatic rings. The molecule has 0 aromatic rings. The zero-order valence-electron chi connectivity index (χ0n) is 9.80. The highest BCUT2D eigenvalue weighted by atomic mass is 28.3. The van der Waals surface area contributed by atoms with E-state index in [0.29, 0.717) is 6.61 Å². The second-order valence-electron chi connectivity index (χ2n) is 4.64. The van der Waals surface area contributed by atoms with E-state index in [0.717, 1.165) is 12.8 Å². The Kier molecular flexibility index (Phi) is 6.54. The molecule has 0 atom stereocenters. The van der Waals surface area contributed by atoms with Crippen LogP contribution in [0.1, 0.15) is 19.8 Å². The molecule has 0 N–H and O–H groups in total. The van der Waals surface area contributed by atoms with E-state index in [9.17, 15) is 4.79 Å². The van der Waals surface area contributed by atoms with Crippen molar-refractivity contribution in [3.05, 3.63) is 12.2 Å². The monoisotopic (exact) mass is 214 g/mol. The van der Waals surface area contributed by atoms with Gasteiger partial charge in [-0.2, -0.15) is 0 Å². The lowest BCUT2D eigenvalue weighted by Crippen LogP contribution is -2.19. The summed E-state index contributed by atoms with van der Waals surface area (Å²) in [6.07, 6.45) is 5.21. The third kappa shape index (κ3) is 9.51. The van der Waals surface area contributed by atoms with Crippen molar-refractivity contribution in [2.45, 2.75) is 45.5 Å². The lowest BCUT2D eigenvalue weighted by Gasteiger charge is -2.14. The highest BCUT2D eigenvalue weighted by molar-refractivity contribution is 6.76. The Morgan fingerprint density at radius 3 is 2.50 bits per heavy atom. The lowest BCUT2D eigenvalue weighted by molar-refractivity contribution is -0.137. The number of carbonyl (C=O) groups excluding carboxylic acids is 1. The van der Waals surface area contributed by atoms with Crippen LogP contribution in [0.4, 0.5) is 0 Å². The standard InChI is InChI=1S/C11H22O2Si/c1-5-6-8-11(12)13-9-7-10-14(2,3)4/h6,8H,5,7,9-10H2,1-4H3. The Balaban J connectivity index is 3.46. The largest absolute Gasteiger partial charge is 0.463 e. The molecule has 0 fully saturated rings. The number of hydrogen-bond donors (Lipinski definition) is 0. The summed E-state index contributed by atoms with van der Waals surface area (Å²) in [7, 11) is -0.964. The molecule has 82 valence electrons. The smallest absolute Gasteiger partial charge is 0.330 e. The predicted molar refractivity (Wildman–Crippen MR) is 63.2 cm³/mol. The van der Waals surface area contributed by atoms with E-state index in [1.807, 2.05) is 13.0 Å². The van der Waals surface area contributed by atoms with Crippen LogP contribution in [0.5, 0.6) is 0 Å². The van der Waals surface area contributed by atoms with Gasteiger partial charge in [0.25, 0.3) is 0 Å². The first-order chi connectivity index (χ1) is 6.45. The van der Waals surface area contributed by atoms with Crippen molar-refractivity contribution >= 4 is 14.0 Å². The normalized spacial score (nSPS) is 12.0. The van der Waals surface area contributed by atoms with Crippen LogP contribution < -0.4 is 0 Å². The van der Waals surface area contributed by atoms with Gasteiger partial charge in [-0.25, -0.2) is 4.79 Å². The molecule has 0 aromatic carbocycles. The number of carbonyl (C=O) groups is 1. The first-order valence-electron chi connectivity index (χ1n) is 5.29. The Hall–Kier alpha value is -0.573. The summed E-state index contributed by atoms with van der Waals surface area (Å²) in [4.78, 5) is 11.0. The molecule has 0 radical (unpaired) electrons. The van der Waals surface area contributed by atoms with Gasteiger partial charge in [0.2, 0.25) is 0 Å². The molecule has 0 aromatic heterocycles. The Morgan fingerprint density at radius 1 is 1.36 bits per heavy atom. The highest BCUT2D eigenvalue weighted by Gasteiger charge is 2.11. The maximum absolute atomic E-state index is 11.0. The van der Waals surface area contributed by atoms with Crippen LogP contribution in [0, 0.1) is 0 Å². The molecule has 2 nitrogen and oxygen atoms in total. The van der Waals surface area contributed by atoms with Crippen molar-refractivity contribution in [3.63, 3.8) is 0 Å². The second kappa shape index (κ2) is 6.82. The van der Waals surface area contributed by atoms with E-state index < -0.39 is 8.07 Å². The van der Waals surface area contributed by atoms with Gasteiger partial charge in [0.05, 0.1) is 6.61 Å². The highest BCUT2D eigenvalue weighted by Crippen LogP contribution is 2.10. The van der Waals surface area contributed by atoms with Gasteiger partial charge in [-0.3, -0.25) is 0 Å².